The summed E-state index contributed by atoms with van der Waals surface area (Å²) < 4.78 is 4.92. The molecule has 0 saturated carbocycles. The molecular formula is C13H18O3. The SMILES string of the molecule is CCOC(=O)CC(C)(C)c1ccccc1O. The van der Waals surface area contributed by atoms with Crippen molar-refractivity contribution in [2.45, 2.75) is 32.6 Å². The van der Waals surface area contributed by atoms with Crippen LogP contribution in [0, 0.1) is 0 Å². The Morgan fingerprint density at radius 2 is 2.00 bits per heavy atom. The number of rotatable bonds is 4. The molecule has 1 aromatic rings. The standard InChI is InChI=1S/C13H18O3/c1-4-16-12(15)9-13(2,3)10-7-5-6-8-11(10)14/h5-8,14H,4,9H2,1-3H3. The lowest BCUT2D eigenvalue weighted by Crippen LogP contribution is -2.23. The minimum Gasteiger partial charge on any atom is -0.508 e. The van der Waals surface area contributed by atoms with Crippen molar-refractivity contribution in [2.24, 2.45) is 0 Å². The van der Waals surface area contributed by atoms with E-state index >= 15 is 0 Å². The van der Waals surface area contributed by atoms with E-state index in [0.29, 0.717) is 6.61 Å². The summed E-state index contributed by atoms with van der Waals surface area (Å²) >= 11 is 0. The Bertz CT molecular complexity index is 369. The molecule has 1 N–H and O–H groups in total. The van der Waals surface area contributed by atoms with E-state index in [-0.39, 0.29) is 18.1 Å². The highest BCUT2D eigenvalue weighted by atomic mass is 16.5. The summed E-state index contributed by atoms with van der Waals surface area (Å²) in [4.78, 5) is 11.4. The maximum atomic E-state index is 11.4. The number of phenolic OH excluding ortho intramolecular Hbond substituents is 1. The molecule has 0 aliphatic rings. The molecule has 88 valence electrons. The van der Waals surface area contributed by atoms with E-state index in [1.54, 1.807) is 19.1 Å². The van der Waals surface area contributed by atoms with Gasteiger partial charge in [0, 0.05) is 11.0 Å². The topological polar surface area (TPSA) is 46.5 Å². The number of carbonyl (C=O) groups is 1. The first-order valence-electron chi connectivity index (χ1n) is 5.41. The molecule has 3 nitrogen and oxygen atoms in total. The van der Waals surface area contributed by atoms with Gasteiger partial charge in [-0.3, -0.25) is 4.79 Å². The molecule has 0 aromatic heterocycles. The molecule has 0 saturated heterocycles. The van der Waals surface area contributed by atoms with E-state index in [2.05, 4.69) is 0 Å². The van der Waals surface area contributed by atoms with Crippen LogP contribution in [-0.2, 0) is 14.9 Å². The van der Waals surface area contributed by atoms with Crippen molar-refractivity contribution in [3.8, 4) is 5.75 Å². The second kappa shape index (κ2) is 5.01. The molecule has 1 aromatic carbocycles. The number of para-hydroxylation sites is 1. The average Bonchev–Trinajstić information content (AvgIpc) is 2.17. The highest BCUT2D eigenvalue weighted by Gasteiger charge is 2.27. The predicted octanol–water partition coefficient (Wildman–Crippen LogP) is 2.62. The molecule has 1 rings (SSSR count). The van der Waals surface area contributed by atoms with Crippen LogP contribution in [0.4, 0.5) is 0 Å². The van der Waals surface area contributed by atoms with Crippen LogP contribution in [-0.4, -0.2) is 17.7 Å². The fraction of sp³-hybridized carbons (Fsp3) is 0.462. The normalized spacial score (nSPS) is 11.2. The van der Waals surface area contributed by atoms with Crippen molar-refractivity contribution < 1.29 is 14.6 Å². The number of aromatic hydroxyl groups is 1. The summed E-state index contributed by atoms with van der Waals surface area (Å²) in [7, 11) is 0. The highest BCUT2D eigenvalue weighted by Crippen LogP contribution is 2.33. The van der Waals surface area contributed by atoms with E-state index in [1.165, 1.54) is 0 Å². The van der Waals surface area contributed by atoms with Crippen LogP contribution in [0.3, 0.4) is 0 Å². The number of benzene rings is 1. The van der Waals surface area contributed by atoms with Crippen LogP contribution >= 0.6 is 0 Å². The summed E-state index contributed by atoms with van der Waals surface area (Å²) in [6.07, 6.45) is 0.262. The molecule has 0 aliphatic heterocycles. The van der Waals surface area contributed by atoms with Crippen molar-refractivity contribution in [2.75, 3.05) is 6.61 Å². The average molecular weight is 222 g/mol. The summed E-state index contributed by atoms with van der Waals surface area (Å²) in [6, 6.07) is 7.07. The van der Waals surface area contributed by atoms with Crippen molar-refractivity contribution in [1.82, 2.24) is 0 Å². The first-order valence-corrected chi connectivity index (χ1v) is 5.41. The maximum absolute atomic E-state index is 11.4. The second-order valence-electron chi connectivity index (χ2n) is 4.38. The van der Waals surface area contributed by atoms with E-state index < -0.39 is 5.41 Å². The van der Waals surface area contributed by atoms with Gasteiger partial charge >= 0.3 is 5.97 Å². The lowest BCUT2D eigenvalue weighted by atomic mass is 9.81. The molecule has 3 heteroatoms. The zero-order chi connectivity index (χ0) is 12.2. The number of hydrogen-bond donors (Lipinski definition) is 1. The van der Waals surface area contributed by atoms with Gasteiger partial charge in [-0.05, 0) is 13.0 Å². The van der Waals surface area contributed by atoms with E-state index in [1.807, 2.05) is 26.0 Å². The van der Waals surface area contributed by atoms with Crippen molar-refractivity contribution >= 4 is 5.97 Å². The van der Waals surface area contributed by atoms with Gasteiger partial charge < -0.3 is 9.84 Å². The van der Waals surface area contributed by atoms with Gasteiger partial charge in [0.2, 0.25) is 0 Å². The van der Waals surface area contributed by atoms with Gasteiger partial charge in [-0.25, -0.2) is 0 Å². The van der Waals surface area contributed by atoms with Crippen molar-refractivity contribution in [3.63, 3.8) is 0 Å². The number of esters is 1. The third-order valence-corrected chi connectivity index (χ3v) is 2.52. The van der Waals surface area contributed by atoms with Crippen molar-refractivity contribution in [3.05, 3.63) is 29.8 Å². The van der Waals surface area contributed by atoms with Crippen LogP contribution in [0.25, 0.3) is 0 Å². The smallest absolute Gasteiger partial charge is 0.306 e. The maximum Gasteiger partial charge on any atom is 0.306 e. The molecule has 0 unspecified atom stereocenters. The van der Waals surface area contributed by atoms with Gasteiger partial charge in [0.05, 0.1) is 13.0 Å². The lowest BCUT2D eigenvalue weighted by Gasteiger charge is -2.24. The van der Waals surface area contributed by atoms with Gasteiger partial charge in [0.15, 0.2) is 0 Å². The third-order valence-electron chi connectivity index (χ3n) is 2.52. The first kappa shape index (κ1) is 12.6. The molecule has 0 aliphatic carbocycles. The summed E-state index contributed by atoms with van der Waals surface area (Å²) in [6.45, 7) is 6.00. The van der Waals surface area contributed by atoms with E-state index in [9.17, 15) is 9.90 Å². The largest absolute Gasteiger partial charge is 0.508 e. The number of hydrogen-bond acceptors (Lipinski definition) is 3. The fourth-order valence-corrected chi connectivity index (χ4v) is 1.71. The van der Waals surface area contributed by atoms with Crippen LogP contribution in [0.15, 0.2) is 24.3 Å². The van der Waals surface area contributed by atoms with Gasteiger partial charge in [0.1, 0.15) is 5.75 Å². The monoisotopic (exact) mass is 222 g/mol. The van der Waals surface area contributed by atoms with Crippen LogP contribution in [0.5, 0.6) is 5.75 Å². The quantitative estimate of drug-likeness (QED) is 0.796. The predicted molar refractivity (Wildman–Crippen MR) is 62.4 cm³/mol. The molecule has 0 amide bonds. The fourth-order valence-electron chi connectivity index (χ4n) is 1.71. The molecule has 0 spiro atoms. The molecule has 0 fully saturated rings. The zero-order valence-electron chi connectivity index (χ0n) is 9.99. The number of ether oxygens (including phenoxy) is 1. The molecule has 16 heavy (non-hydrogen) atoms. The van der Waals surface area contributed by atoms with E-state index in [4.69, 9.17) is 4.74 Å². The Morgan fingerprint density at radius 1 is 1.38 bits per heavy atom. The molecular weight excluding hydrogens is 204 g/mol. The van der Waals surface area contributed by atoms with Gasteiger partial charge in [-0.2, -0.15) is 0 Å². The third kappa shape index (κ3) is 2.99. The Hall–Kier alpha value is -1.51. The van der Waals surface area contributed by atoms with E-state index in [0.717, 1.165) is 5.56 Å². The number of carbonyl (C=O) groups excluding carboxylic acids is 1. The Balaban J connectivity index is 2.85. The minimum atomic E-state index is -0.419. The first-order chi connectivity index (χ1) is 7.47. The van der Waals surface area contributed by atoms with Crippen LogP contribution < -0.4 is 0 Å². The lowest BCUT2D eigenvalue weighted by molar-refractivity contribution is -0.144. The summed E-state index contributed by atoms with van der Waals surface area (Å²) in [5, 5.41) is 9.74. The zero-order valence-corrected chi connectivity index (χ0v) is 9.99. The molecule has 0 atom stereocenters. The summed E-state index contributed by atoms with van der Waals surface area (Å²) in [5.41, 5.74) is 0.348. The molecule has 0 heterocycles. The van der Waals surface area contributed by atoms with Gasteiger partial charge in [-0.15, -0.1) is 0 Å². The molecule has 0 radical (unpaired) electrons. The molecule has 0 bridgehead atoms. The van der Waals surface area contributed by atoms with Crippen LogP contribution in [0.1, 0.15) is 32.8 Å². The Kier molecular flexibility index (Phi) is 3.93. The van der Waals surface area contributed by atoms with Gasteiger partial charge in [0.25, 0.3) is 0 Å². The van der Waals surface area contributed by atoms with Crippen molar-refractivity contribution in [1.29, 1.82) is 0 Å². The van der Waals surface area contributed by atoms with Crippen LogP contribution in [0.2, 0.25) is 0 Å². The summed E-state index contributed by atoms with van der Waals surface area (Å²) in [5.74, 6) is -0.0208. The Labute approximate surface area is 96.1 Å². The highest BCUT2D eigenvalue weighted by molar-refractivity contribution is 5.71. The minimum absolute atomic E-state index is 0.219. The number of phenols is 1. The van der Waals surface area contributed by atoms with Gasteiger partial charge in [-0.1, -0.05) is 32.0 Å². The second-order valence-corrected chi connectivity index (χ2v) is 4.38. The Morgan fingerprint density at radius 3 is 2.56 bits per heavy atom.